The molecule has 1 heteroatoms. The van der Waals surface area contributed by atoms with Crippen molar-refractivity contribution in [3.63, 3.8) is 0 Å². The SMILES string of the molecule is CCCOc1cc(C)ccc1C. The highest BCUT2D eigenvalue weighted by Gasteiger charge is 1.97. The summed E-state index contributed by atoms with van der Waals surface area (Å²) in [6.45, 7) is 7.08. The molecule has 0 heterocycles. The van der Waals surface area contributed by atoms with E-state index in [1.54, 1.807) is 0 Å². The highest BCUT2D eigenvalue weighted by Crippen LogP contribution is 2.18. The molecule has 66 valence electrons. The van der Waals surface area contributed by atoms with Crippen molar-refractivity contribution in [1.29, 1.82) is 0 Å². The van der Waals surface area contributed by atoms with Crippen molar-refractivity contribution in [3.8, 4) is 5.75 Å². The Bertz CT molecular complexity index is 253. The van der Waals surface area contributed by atoms with Gasteiger partial charge in [-0.25, -0.2) is 0 Å². The minimum absolute atomic E-state index is 0.810. The summed E-state index contributed by atoms with van der Waals surface area (Å²) in [5, 5.41) is 0. The molecule has 0 atom stereocenters. The largest absolute Gasteiger partial charge is 0.493 e. The van der Waals surface area contributed by atoms with Crippen molar-refractivity contribution in [2.24, 2.45) is 0 Å². The van der Waals surface area contributed by atoms with E-state index in [9.17, 15) is 0 Å². The smallest absolute Gasteiger partial charge is 0.122 e. The van der Waals surface area contributed by atoms with Gasteiger partial charge in [0.1, 0.15) is 5.75 Å². The molecule has 0 aliphatic carbocycles. The van der Waals surface area contributed by atoms with E-state index in [-0.39, 0.29) is 0 Å². The molecule has 1 aromatic rings. The molecule has 0 radical (unpaired) electrons. The first-order valence-electron chi connectivity index (χ1n) is 4.44. The summed E-state index contributed by atoms with van der Waals surface area (Å²) in [5.74, 6) is 1.02. The second-order valence-electron chi connectivity index (χ2n) is 3.12. The second kappa shape index (κ2) is 4.15. The maximum absolute atomic E-state index is 5.57. The van der Waals surface area contributed by atoms with E-state index in [2.05, 4.69) is 39.0 Å². The van der Waals surface area contributed by atoms with Gasteiger partial charge < -0.3 is 4.74 Å². The van der Waals surface area contributed by atoms with Crippen LogP contribution in [0.3, 0.4) is 0 Å². The second-order valence-corrected chi connectivity index (χ2v) is 3.12. The summed E-state index contributed by atoms with van der Waals surface area (Å²) in [6, 6.07) is 6.29. The van der Waals surface area contributed by atoms with Crippen molar-refractivity contribution in [1.82, 2.24) is 0 Å². The number of benzene rings is 1. The standard InChI is InChI=1S/C11H16O/c1-4-7-12-11-8-9(2)5-6-10(11)3/h5-6,8H,4,7H2,1-3H3. The fourth-order valence-electron chi connectivity index (χ4n) is 1.07. The molecule has 0 saturated heterocycles. The minimum Gasteiger partial charge on any atom is -0.493 e. The molecule has 1 aromatic carbocycles. The number of aryl methyl sites for hydroxylation is 2. The fraction of sp³-hybridized carbons (Fsp3) is 0.455. The lowest BCUT2D eigenvalue weighted by Gasteiger charge is -2.08. The van der Waals surface area contributed by atoms with Crippen LogP contribution in [-0.2, 0) is 0 Å². The highest BCUT2D eigenvalue weighted by atomic mass is 16.5. The molecular weight excluding hydrogens is 148 g/mol. The van der Waals surface area contributed by atoms with Gasteiger partial charge >= 0.3 is 0 Å². The first-order chi connectivity index (χ1) is 5.74. The van der Waals surface area contributed by atoms with Gasteiger partial charge in [-0.05, 0) is 37.5 Å². The van der Waals surface area contributed by atoms with Crippen molar-refractivity contribution in [3.05, 3.63) is 29.3 Å². The Hall–Kier alpha value is -0.980. The van der Waals surface area contributed by atoms with E-state index in [1.807, 2.05) is 0 Å². The van der Waals surface area contributed by atoms with Gasteiger partial charge in [-0.15, -0.1) is 0 Å². The molecule has 0 fully saturated rings. The maximum Gasteiger partial charge on any atom is 0.122 e. The predicted octanol–water partition coefficient (Wildman–Crippen LogP) is 3.09. The molecule has 0 spiro atoms. The van der Waals surface area contributed by atoms with Crippen molar-refractivity contribution in [2.45, 2.75) is 27.2 Å². The van der Waals surface area contributed by atoms with Crippen molar-refractivity contribution in [2.75, 3.05) is 6.61 Å². The van der Waals surface area contributed by atoms with Crippen LogP contribution in [0, 0.1) is 13.8 Å². The van der Waals surface area contributed by atoms with Crippen molar-refractivity contribution >= 4 is 0 Å². The number of rotatable bonds is 3. The lowest BCUT2D eigenvalue weighted by molar-refractivity contribution is 0.315. The highest BCUT2D eigenvalue weighted by molar-refractivity contribution is 5.35. The minimum atomic E-state index is 0.810. The van der Waals surface area contributed by atoms with Crippen LogP contribution in [0.2, 0.25) is 0 Å². The average Bonchev–Trinajstić information content (AvgIpc) is 2.07. The Morgan fingerprint density at radius 1 is 1.25 bits per heavy atom. The Balaban J connectivity index is 2.75. The Labute approximate surface area is 74.4 Å². The third-order valence-corrected chi connectivity index (χ3v) is 1.81. The molecule has 0 saturated carbocycles. The zero-order valence-corrected chi connectivity index (χ0v) is 8.05. The van der Waals surface area contributed by atoms with Crippen LogP contribution in [0.4, 0.5) is 0 Å². The van der Waals surface area contributed by atoms with Crippen LogP contribution in [-0.4, -0.2) is 6.61 Å². The van der Waals surface area contributed by atoms with Crippen LogP contribution < -0.4 is 4.74 Å². The van der Waals surface area contributed by atoms with Crippen LogP contribution >= 0.6 is 0 Å². The van der Waals surface area contributed by atoms with Gasteiger partial charge in [0.2, 0.25) is 0 Å². The molecule has 0 N–H and O–H groups in total. The first-order valence-corrected chi connectivity index (χ1v) is 4.44. The zero-order chi connectivity index (χ0) is 8.97. The summed E-state index contributed by atoms with van der Waals surface area (Å²) >= 11 is 0. The summed E-state index contributed by atoms with van der Waals surface area (Å²) in [4.78, 5) is 0. The summed E-state index contributed by atoms with van der Waals surface area (Å²) in [5.41, 5.74) is 2.47. The Morgan fingerprint density at radius 3 is 2.67 bits per heavy atom. The topological polar surface area (TPSA) is 9.23 Å². The summed E-state index contributed by atoms with van der Waals surface area (Å²) in [7, 11) is 0. The molecule has 12 heavy (non-hydrogen) atoms. The van der Waals surface area contributed by atoms with Crippen LogP contribution in [0.1, 0.15) is 24.5 Å². The third kappa shape index (κ3) is 2.26. The molecule has 0 aromatic heterocycles. The number of hydrogen-bond donors (Lipinski definition) is 0. The fourth-order valence-corrected chi connectivity index (χ4v) is 1.07. The Morgan fingerprint density at radius 2 is 2.00 bits per heavy atom. The molecule has 0 aliphatic heterocycles. The number of hydrogen-bond acceptors (Lipinski definition) is 1. The summed E-state index contributed by atoms with van der Waals surface area (Å²) in [6.07, 6.45) is 1.06. The van der Waals surface area contributed by atoms with E-state index in [1.165, 1.54) is 11.1 Å². The zero-order valence-electron chi connectivity index (χ0n) is 8.05. The quantitative estimate of drug-likeness (QED) is 0.667. The van der Waals surface area contributed by atoms with E-state index in [4.69, 9.17) is 4.74 Å². The lowest BCUT2D eigenvalue weighted by atomic mass is 10.1. The molecule has 0 bridgehead atoms. The Kier molecular flexibility index (Phi) is 3.15. The van der Waals surface area contributed by atoms with E-state index in [0.717, 1.165) is 18.8 Å². The normalized spacial score (nSPS) is 9.92. The van der Waals surface area contributed by atoms with Crippen LogP contribution in [0.5, 0.6) is 5.75 Å². The van der Waals surface area contributed by atoms with E-state index in [0.29, 0.717) is 0 Å². The van der Waals surface area contributed by atoms with Gasteiger partial charge in [0, 0.05) is 0 Å². The maximum atomic E-state index is 5.57. The van der Waals surface area contributed by atoms with Gasteiger partial charge in [0.25, 0.3) is 0 Å². The van der Waals surface area contributed by atoms with Gasteiger partial charge in [0.15, 0.2) is 0 Å². The first kappa shape index (κ1) is 9.11. The van der Waals surface area contributed by atoms with E-state index < -0.39 is 0 Å². The molecular formula is C11H16O. The molecule has 1 nitrogen and oxygen atoms in total. The summed E-state index contributed by atoms with van der Waals surface area (Å²) < 4.78 is 5.57. The van der Waals surface area contributed by atoms with Gasteiger partial charge in [0.05, 0.1) is 6.61 Å². The third-order valence-electron chi connectivity index (χ3n) is 1.81. The molecule has 0 aliphatic rings. The molecule has 1 rings (SSSR count). The van der Waals surface area contributed by atoms with Gasteiger partial charge in [-0.1, -0.05) is 19.1 Å². The van der Waals surface area contributed by atoms with Crippen LogP contribution in [0.15, 0.2) is 18.2 Å². The lowest BCUT2D eigenvalue weighted by Crippen LogP contribution is -1.96. The predicted molar refractivity (Wildman–Crippen MR) is 51.7 cm³/mol. The monoisotopic (exact) mass is 164 g/mol. The van der Waals surface area contributed by atoms with E-state index >= 15 is 0 Å². The average molecular weight is 164 g/mol. The molecule has 0 unspecified atom stereocenters. The van der Waals surface area contributed by atoms with Crippen LogP contribution in [0.25, 0.3) is 0 Å². The number of ether oxygens (including phenoxy) is 1. The van der Waals surface area contributed by atoms with Gasteiger partial charge in [-0.2, -0.15) is 0 Å². The van der Waals surface area contributed by atoms with Gasteiger partial charge in [-0.3, -0.25) is 0 Å². The molecule has 0 amide bonds. The van der Waals surface area contributed by atoms with Crippen molar-refractivity contribution < 1.29 is 4.74 Å².